The van der Waals surface area contributed by atoms with E-state index in [4.69, 9.17) is 0 Å². The predicted octanol–water partition coefficient (Wildman–Crippen LogP) is 13.6. The molecule has 0 saturated carbocycles. The minimum atomic E-state index is -4.61. The fraction of sp³-hybridized carbons (Fsp3) is 0.542. The van der Waals surface area contributed by atoms with Gasteiger partial charge in [0.25, 0.3) is 17.7 Å². The second kappa shape index (κ2) is 27.3. The molecule has 3 spiro atoms. The highest BCUT2D eigenvalue weighted by atomic mass is 19.4. The normalized spacial score (nSPS) is 19.5. The van der Waals surface area contributed by atoms with Gasteiger partial charge in [-0.15, -0.1) is 0 Å². The molecule has 9 heterocycles. The number of likely N-dealkylation sites (tertiary alicyclic amines) is 3. The Kier molecular flexibility index (Phi) is 20.6. The fourth-order valence-corrected chi connectivity index (χ4v) is 15.8. The zero-order chi connectivity index (χ0) is 72.5. The van der Waals surface area contributed by atoms with Crippen LogP contribution in [0.1, 0.15) is 177 Å². The average molecular weight is 1410 g/mol. The smallest absolute Gasteiger partial charge is 0.388 e. The van der Waals surface area contributed by atoms with Crippen molar-refractivity contribution in [3.05, 3.63) is 176 Å². The Morgan fingerprint density at radius 3 is 1.14 bits per heavy atom. The molecule has 1 unspecified atom stereocenters. The first-order valence-corrected chi connectivity index (χ1v) is 33.4. The van der Waals surface area contributed by atoms with E-state index in [2.05, 4.69) is 9.80 Å². The Hall–Kier alpha value is -7.17. The van der Waals surface area contributed by atoms with Crippen molar-refractivity contribution in [1.82, 2.24) is 43.1 Å². The molecule has 27 heteroatoms. The van der Waals surface area contributed by atoms with Gasteiger partial charge in [0.1, 0.15) is 17.1 Å². The topological polar surface area (TPSA) is 146 Å². The number of carbonyl (C=O) groups excluding carboxylic acids is 3. The molecule has 15 nitrogen and oxygen atoms in total. The third-order valence-electron chi connectivity index (χ3n) is 21.3. The van der Waals surface area contributed by atoms with E-state index in [1.54, 1.807) is 116 Å². The quantitative estimate of drug-likeness (QED) is 0.127. The molecule has 6 aromatic rings. The van der Waals surface area contributed by atoms with E-state index < -0.39 is 82.3 Å². The molecule has 1 atom stereocenters. The number of benzene rings is 3. The number of carbonyl (C=O) groups is 3. The fourth-order valence-electron chi connectivity index (χ4n) is 15.8. The van der Waals surface area contributed by atoms with Crippen molar-refractivity contribution in [3.63, 3.8) is 0 Å². The van der Waals surface area contributed by atoms with Crippen LogP contribution in [-0.4, -0.2) is 162 Å². The number of likely N-dealkylation sites (N-methyl/N-ethyl adjacent to an activating group) is 2. The summed E-state index contributed by atoms with van der Waals surface area (Å²) in [5.41, 5.74) is -0.274. The minimum Gasteiger partial charge on any atom is -0.388 e. The summed E-state index contributed by atoms with van der Waals surface area (Å²) in [6, 6.07) is 26.6. The van der Waals surface area contributed by atoms with Gasteiger partial charge in [-0.05, 0) is 188 Å². The molecule has 3 aromatic heterocycles. The monoisotopic (exact) mass is 1410 g/mol. The van der Waals surface area contributed by atoms with Crippen molar-refractivity contribution in [2.75, 3.05) is 79.5 Å². The van der Waals surface area contributed by atoms with Crippen LogP contribution in [-0.2, 0) is 66.0 Å². The van der Waals surface area contributed by atoms with Crippen LogP contribution in [0.2, 0.25) is 0 Å². The first-order chi connectivity index (χ1) is 46.0. The zero-order valence-corrected chi connectivity index (χ0v) is 57.0. The maximum atomic E-state index is 13.5. The number of nitrogens with zero attached hydrogens (tertiary/aromatic N) is 9. The first-order valence-electron chi connectivity index (χ1n) is 33.4. The first kappa shape index (κ1) is 74.5. The van der Waals surface area contributed by atoms with Crippen molar-refractivity contribution in [2.45, 2.75) is 165 Å². The molecule has 3 saturated heterocycles. The third-order valence-corrected chi connectivity index (χ3v) is 21.3. The highest BCUT2D eigenvalue weighted by Crippen LogP contribution is 2.49. The van der Waals surface area contributed by atoms with Crippen LogP contribution in [0, 0.1) is 12.8 Å². The highest BCUT2D eigenvalue weighted by molar-refractivity contribution is 5.95. The number of aromatic nitrogens is 3. The number of aliphatic hydroxyl groups is 3. The number of piperidine rings is 3. The van der Waals surface area contributed by atoms with E-state index in [1.165, 1.54) is 37.1 Å². The molecule has 3 fully saturated rings. The maximum Gasteiger partial charge on any atom is 0.431 e. The van der Waals surface area contributed by atoms with Gasteiger partial charge in [-0.25, -0.2) is 0 Å². The van der Waals surface area contributed by atoms with Crippen molar-refractivity contribution in [2.24, 2.45) is 5.92 Å². The molecule has 3 N–H and O–H groups in total. The number of alkyl halides is 12. The number of halogens is 12. The SMILES string of the molecule is CC(C)(O)c1ccc(C(=O)N2CCC3(CC2)c2ccc(C(F)(F)F)n2CCN3CC(F)(F)F)cc1.CC(C)C(O)c1ccc(C(=O)N2CCC3(CC2)c2ccc(C(F)(F)F)n2CCN3C)cc1.Cc1cc(C(=O)N2CCC3(CC2)c2ccc(C(F)(F)F)n2CCN3C)ccc1C(C)(C)O.[HH].[HH]. The largest absolute Gasteiger partial charge is 0.431 e. The van der Waals surface area contributed by atoms with Crippen LogP contribution >= 0.6 is 0 Å². The predicted molar refractivity (Wildman–Crippen MR) is 350 cm³/mol. The molecule has 0 radical (unpaired) electrons. The number of aryl methyl sites for hydroxylation is 1. The standard InChI is InChI=1S/C24H27F6N3O2.2C24H30F3N3O2.2H2/c1-21(2,35)17-5-3-16(4-6-17)20(34)31-11-9-22(10-12-31)18-7-8-19(24(28,29)30)33(18)14-13-32(22)15-23(25,26)27;1-16-15-17(5-6-18(16)22(2,3)32)21(31)29-11-9-23(10-12-29)19-7-8-20(24(25,26)27)30(19)14-13-28(23)4;1-16(2)21(31)17-4-6-18(7-5-17)22(32)29-12-10-23(11-13-29)19-8-9-20(24(25,26)27)30(19)15-14-28(23)3;;/h3-8,35H,9-15H2,1-2H3;5-8,15,32H,9-14H2,1-4H3;4-9,16,21,31H,10-15H2,1-3H3;2*1H. The van der Waals surface area contributed by atoms with Crippen molar-refractivity contribution in [1.29, 1.82) is 0 Å². The van der Waals surface area contributed by atoms with Crippen LogP contribution < -0.4 is 0 Å². The molecule has 3 aromatic carbocycles. The van der Waals surface area contributed by atoms with Gasteiger partial charge >= 0.3 is 24.7 Å². The van der Waals surface area contributed by atoms with Crippen molar-refractivity contribution in [3.8, 4) is 0 Å². The van der Waals surface area contributed by atoms with Gasteiger partial charge < -0.3 is 43.7 Å². The molecule has 6 aliphatic rings. The molecule has 6 aliphatic heterocycles. The summed E-state index contributed by atoms with van der Waals surface area (Å²) in [6.45, 7) is 14.6. The summed E-state index contributed by atoms with van der Waals surface area (Å²) < 4.78 is 165. The van der Waals surface area contributed by atoms with Gasteiger partial charge in [0, 0.05) is 115 Å². The molecule has 0 aliphatic carbocycles. The van der Waals surface area contributed by atoms with E-state index in [9.17, 15) is 82.4 Å². The molecule has 544 valence electrons. The van der Waals surface area contributed by atoms with Crippen LogP contribution in [0.5, 0.6) is 0 Å². The summed E-state index contributed by atoms with van der Waals surface area (Å²) in [5, 5.41) is 30.6. The Balaban J connectivity index is 0.000000191. The van der Waals surface area contributed by atoms with Crippen LogP contribution in [0.3, 0.4) is 0 Å². The van der Waals surface area contributed by atoms with Gasteiger partial charge in [-0.1, -0.05) is 44.2 Å². The minimum absolute atomic E-state index is 0. The van der Waals surface area contributed by atoms with E-state index in [-0.39, 0.29) is 71.2 Å². The number of hydrogen-bond acceptors (Lipinski definition) is 9. The lowest BCUT2D eigenvalue weighted by atomic mass is 9.80. The summed E-state index contributed by atoms with van der Waals surface area (Å²) in [7, 11) is 3.92. The number of amides is 3. The zero-order valence-electron chi connectivity index (χ0n) is 57.0. The second-order valence-electron chi connectivity index (χ2n) is 28.6. The van der Waals surface area contributed by atoms with E-state index >= 15 is 0 Å². The van der Waals surface area contributed by atoms with Gasteiger partial charge in [0.15, 0.2) is 0 Å². The van der Waals surface area contributed by atoms with Crippen molar-refractivity contribution < 1.29 is 85.2 Å². The number of rotatable bonds is 8. The molecule has 12 rings (SSSR count). The Bertz CT molecular complexity index is 3880. The van der Waals surface area contributed by atoms with E-state index in [0.717, 1.165) is 27.3 Å². The van der Waals surface area contributed by atoms with Crippen molar-refractivity contribution >= 4 is 17.7 Å². The lowest BCUT2D eigenvalue weighted by molar-refractivity contribution is -0.171. The summed E-state index contributed by atoms with van der Waals surface area (Å²) in [4.78, 5) is 49.8. The number of fused-ring (bicyclic) bond motifs is 6. The molecule has 3 amide bonds. The third kappa shape index (κ3) is 15.0. The Labute approximate surface area is 571 Å². The Morgan fingerprint density at radius 1 is 0.455 bits per heavy atom. The number of aliphatic hydroxyl groups excluding tert-OH is 1. The lowest BCUT2D eigenvalue weighted by Gasteiger charge is -2.52. The van der Waals surface area contributed by atoms with Gasteiger partial charge in [-0.2, -0.15) is 52.7 Å². The Morgan fingerprint density at radius 2 is 0.798 bits per heavy atom. The lowest BCUT2D eigenvalue weighted by Crippen LogP contribution is -2.60. The molecule has 99 heavy (non-hydrogen) atoms. The van der Waals surface area contributed by atoms with E-state index in [1.807, 2.05) is 34.9 Å². The van der Waals surface area contributed by atoms with Crippen LogP contribution in [0.25, 0.3) is 0 Å². The van der Waals surface area contributed by atoms with Crippen LogP contribution in [0.4, 0.5) is 52.7 Å². The number of hydrogen-bond donors (Lipinski definition) is 3. The van der Waals surface area contributed by atoms with Crippen LogP contribution in [0.15, 0.2) is 103 Å². The summed E-state index contributed by atoms with van der Waals surface area (Å²) >= 11 is 0. The van der Waals surface area contributed by atoms with E-state index in [0.29, 0.717) is 112 Å². The second-order valence-corrected chi connectivity index (χ2v) is 28.6. The van der Waals surface area contributed by atoms with Gasteiger partial charge in [-0.3, -0.25) is 29.1 Å². The molecular formula is C72H91F12N9O6. The maximum absolute atomic E-state index is 13.5. The summed E-state index contributed by atoms with van der Waals surface area (Å²) in [6.07, 6.45) is -16.0. The van der Waals surface area contributed by atoms with Gasteiger partial charge in [0.05, 0.1) is 40.5 Å². The highest BCUT2D eigenvalue weighted by Gasteiger charge is 2.53. The summed E-state index contributed by atoms with van der Waals surface area (Å²) in [5.74, 6) is -0.406. The average Bonchev–Trinajstić information content (AvgIpc) is 1.69. The molecular weight excluding hydrogens is 1310 g/mol. The van der Waals surface area contributed by atoms with Gasteiger partial charge in [0.2, 0.25) is 0 Å². The molecule has 0 bridgehead atoms.